The molecule has 0 saturated heterocycles. The first-order chi connectivity index (χ1) is 8.20. The molecule has 1 unspecified atom stereocenters. The number of hydrogen-bond acceptors (Lipinski definition) is 3. The zero-order valence-corrected chi connectivity index (χ0v) is 11.7. The van der Waals surface area contributed by atoms with E-state index in [1.165, 1.54) is 19.3 Å². The standard InChI is InChI=1S/C14H28O3/c1-4-6-8-9-10-12-16-14(15)17-13(3)11-7-5-2/h13H,4-12H2,1-3H3. The number of hydrogen-bond donors (Lipinski definition) is 0. The van der Waals surface area contributed by atoms with Crippen LogP contribution >= 0.6 is 0 Å². The Morgan fingerprint density at radius 3 is 2.29 bits per heavy atom. The van der Waals surface area contributed by atoms with E-state index in [0.717, 1.165) is 32.1 Å². The maximum absolute atomic E-state index is 11.3. The van der Waals surface area contributed by atoms with Crippen molar-refractivity contribution in [2.45, 2.75) is 78.2 Å². The average Bonchev–Trinajstić information content (AvgIpc) is 2.31. The fraction of sp³-hybridized carbons (Fsp3) is 0.929. The van der Waals surface area contributed by atoms with Crippen LogP contribution in [0.15, 0.2) is 0 Å². The normalized spacial score (nSPS) is 12.2. The molecular weight excluding hydrogens is 216 g/mol. The molecule has 0 heterocycles. The molecule has 0 aliphatic rings. The monoisotopic (exact) mass is 244 g/mol. The smallest absolute Gasteiger partial charge is 0.434 e. The number of rotatable bonds is 10. The van der Waals surface area contributed by atoms with Gasteiger partial charge in [-0.15, -0.1) is 0 Å². The van der Waals surface area contributed by atoms with Gasteiger partial charge in [0.15, 0.2) is 0 Å². The van der Waals surface area contributed by atoms with Crippen molar-refractivity contribution in [1.82, 2.24) is 0 Å². The molecular formula is C14H28O3. The number of carbonyl (C=O) groups is 1. The minimum Gasteiger partial charge on any atom is -0.434 e. The van der Waals surface area contributed by atoms with Gasteiger partial charge in [-0.3, -0.25) is 0 Å². The molecule has 0 spiro atoms. The first-order valence-electron chi connectivity index (χ1n) is 7.04. The topological polar surface area (TPSA) is 35.5 Å². The second-order valence-electron chi connectivity index (χ2n) is 4.58. The summed E-state index contributed by atoms with van der Waals surface area (Å²) < 4.78 is 10.1. The Hall–Kier alpha value is -0.730. The van der Waals surface area contributed by atoms with Gasteiger partial charge >= 0.3 is 6.16 Å². The third-order valence-corrected chi connectivity index (χ3v) is 2.73. The van der Waals surface area contributed by atoms with Crippen LogP contribution in [-0.2, 0) is 9.47 Å². The van der Waals surface area contributed by atoms with Crippen molar-refractivity contribution in [2.24, 2.45) is 0 Å². The second kappa shape index (κ2) is 11.7. The van der Waals surface area contributed by atoms with Crippen LogP contribution in [0.25, 0.3) is 0 Å². The molecule has 0 radical (unpaired) electrons. The molecule has 3 heteroatoms. The summed E-state index contributed by atoms with van der Waals surface area (Å²) >= 11 is 0. The molecule has 0 rings (SSSR count). The molecule has 0 aromatic carbocycles. The second-order valence-corrected chi connectivity index (χ2v) is 4.58. The van der Waals surface area contributed by atoms with Crippen molar-refractivity contribution in [3.05, 3.63) is 0 Å². The fourth-order valence-corrected chi connectivity index (χ4v) is 1.61. The quantitative estimate of drug-likeness (QED) is 0.413. The lowest BCUT2D eigenvalue weighted by Gasteiger charge is -2.12. The molecule has 0 bridgehead atoms. The lowest BCUT2D eigenvalue weighted by Crippen LogP contribution is -2.16. The number of unbranched alkanes of at least 4 members (excludes halogenated alkanes) is 5. The van der Waals surface area contributed by atoms with E-state index in [-0.39, 0.29) is 6.10 Å². The van der Waals surface area contributed by atoms with Gasteiger partial charge in [0.1, 0.15) is 6.10 Å². The Kier molecular flexibility index (Phi) is 11.2. The van der Waals surface area contributed by atoms with E-state index in [2.05, 4.69) is 13.8 Å². The van der Waals surface area contributed by atoms with Gasteiger partial charge in [0.05, 0.1) is 6.61 Å². The molecule has 0 saturated carbocycles. The van der Waals surface area contributed by atoms with Crippen LogP contribution in [0.2, 0.25) is 0 Å². The summed E-state index contributed by atoms with van der Waals surface area (Å²) in [5.74, 6) is 0. The minimum absolute atomic E-state index is 0.0254. The van der Waals surface area contributed by atoms with Crippen LogP contribution in [0.3, 0.4) is 0 Å². The van der Waals surface area contributed by atoms with Crippen molar-refractivity contribution in [2.75, 3.05) is 6.61 Å². The zero-order valence-electron chi connectivity index (χ0n) is 11.7. The molecule has 3 nitrogen and oxygen atoms in total. The van der Waals surface area contributed by atoms with Gasteiger partial charge in [0.2, 0.25) is 0 Å². The number of ether oxygens (including phenoxy) is 2. The Labute approximate surface area is 106 Å². The summed E-state index contributed by atoms with van der Waals surface area (Å²) in [6.07, 6.45) is 8.39. The first-order valence-corrected chi connectivity index (χ1v) is 7.04. The lowest BCUT2D eigenvalue weighted by molar-refractivity contribution is 0.0252. The Morgan fingerprint density at radius 2 is 1.65 bits per heavy atom. The van der Waals surface area contributed by atoms with Crippen LogP contribution in [0.4, 0.5) is 4.79 Å². The van der Waals surface area contributed by atoms with Gasteiger partial charge in [-0.1, -0.05) is 52.4 Å². The van der Waals surface area contributed by atoms with Crippen LogP contribution in [0.1, 0.15) is 72.1 Å². The van der Waals surface area contributed by atoms with Crippen molar-refractivity contribution in [1.29, 1.82) is 0 Å². The van der Waals surface area contributed by atoms with Crippen molar-refractivity contribution < 1.29 is 14.3 Å². The van der Waals surface area contributed by atoms with E-state index >= 15 is 0 Å². The summed E-state index contributed by atoms with van der Waals surface area (Å²) in [6.45, 7) is 6.72. The average molecular weight is 244 g/mol. The molecule has 17 heavy (non-hydrogen) atoms. The zero-order chi connectivity index (χ0) is 12.9. The van der Waals surface area contributed by atoms with Crippen molar-refractivity contribution in [3.8, 4) is 0 Å². The maximum Gasteiger partial charge on any atom is 0.508 e. The molecule has 0 amide bonds. The predicted molar refractivity (Wildman–Crippen MR) is 70.2 cm³/mol. The van der Waals surface area contributed by atoms with Crippen LogP contribution in [0, 0.1) is 0 Å². The first kappa shape index (κ1) is 16.3. The van der Waals surface area contributed by atoms with Gasteiger partial charge in [-0.25, -0.2) is 4.79 Å². The van der Waals surface area contributed by atoms with Crippen molar-refractivity contribution in [3.63, 3.8) is 0 Å². The summed E-state index contributed by atoms with van der Waals surface area (Å²) in [5.41, 5.74) is 0. The van der Waals surface area contributed by atoms with Crippen molar-refractivity contribution >= 4 is 6.16 Å². The highest BCUT2D eigenvalue weighted by atomic mass is 16.7. The SMILES string of the molecule is CCCCCCCOC(=O)OC(C)CCCC. The van der Waals surface area contributed by atoms with E-state index in [1.54, 1.807) is 0 Å². The van der Waals surface area contributed by atoms with Gasteiger partial charge in [0.25, 0.3) is 0 Å². The highest BCUT2D eigenvalue weighted by Gasteiger charge is 2.09. The highest BCUT2D eigenvalue weighted by molar-refractivity contribution is 5.59. The summed E-state index contributed by atoms with van der Waals surface area (Å²) in [5, 5.41) is 0. The van der Waals surface area contributed by atoms with E-state index in [1.807, 2.05) is 6.92 Å². The molecule has 102 valence electrons. The molecule has 0 aliphatic carbocycles. The molecule has 0 aromatic heterocycles. The van der Waals surface area contributed by atoms with Crippen LogP contribution < -0.4 is 0 Å². The summed E-state index contributed by atoms with van der Waals surface area (Å²) in [4.78, 5) is 11.3. The Morgan fingerprint density at radius 1 is 1.00 bits per heavy atom. The van der Waals surface area contributed by atoms with Gasteiger partial charge in [-0.2, -0.15) is 0 Å². The molecule has 0 aliphatic heterocycles. The van der Waals surface area contributed by atoms with E-state index in [0.29, 0.717) is 6.61 Å². The third kappa shape index (κ3) is 11.5. The van der Waals surface area contributed by atoms with Crippen LogP contribution in [0.5, 0.6) is 0 Å². The summed E-state index contributed by atoms with van der Waals surface area (Å²) in [7, 11) is 0. The van der Waals surface area contributed by atoms with Crippen LogP contribution in [-0.4, -0.2) is 18.9 Å². The van der Waals surface area contributed by atoms with E-state index < -0.39 is 6.16 Å². The maximum atomic E-state index is 11.3. The Balaban J connectivity index is 3.33. The van der Waals surface area contributed by atoms with E-state index in [9.17, 15) is 4.79 Å². The number of carbonyl (C=O) groups excluding carboxylic acids is 1. The van der Waals surface area contributed by atoms with Gasteiger partial charge < -0.3 is 9.47 Å². The molecule has 0 fully saturated rings. The lowest BCUT2D eigenvalue weighted by atomic mass is 10.2. The van der Waals surface area contributed by atoms with Gasteiger partial charge in [0, 0.05) is 0 Å². The summed E-state index contributed by atoms with van der Waals surface area (Å²) in [6, 6.07) is 0. The molecule has 0 aromatic rings. The molecule has 0 N–H and O–H groups in total. The predicted octanol–water partition coefficient (Wildman–Crippen LogP) is 4.69. The highest BCUT2D eigenvalue weighted by Crippen LogP contribution is 2.06. The minimum atomic E-state index is -0.510. The Bertz CT molecular complexity index is 180. The largest absolute Gasteiger partial charge is 0.508 e. The van der Waals surface area contributed by atoms with Gasteiger partial charge in [-0.05, 0) is 19.8 Å². The molecule has 1 atom stereocenters. The third-order valence-electron chi connectivity index (χ3n) is 2.73. The van der Waals surface area contributed by atoms with E-state index in [4.69, 9.17) is 9.47 Å². The fourth-order valence-electron chi connectivity index (χ4n) is 1.61.